The molecule has 0 spiro atoms. The van der Waals surface area contributed by atoms with Gasteiger partial charge in [0, 0.05) is 19.6 Å². The highest BCUT2D eigenvalue weighted by atomic mass is 16.4. The van der Waals surface area contributed by atoms with Crippen molar-refractivity contribution in [3.63, 3.8) is 0 Å². The van der Waals surface area contributed by atoms with Gasteiger partial charge < -0.3 is 5.11 Å². The van der Waals surface area contributed by atoms with E-state index in [0.29, 0.717) is 5.92 Å². The minimum absolute atomic E-state index is 0.222. The smallest absolute Gasteiger partial charge is 0.306 e. The normalized spacial score (nSPS) is 18.4. The third-order valence-corrected chi connectivity index (χ3v) is 3.77. The van der Waals surface area contributed by atoms with Gasteiger partial charge in [-0.05, 0) is 25.3 Å². The van der Waals surface area contributed by atoms with Crippen LogP contribution in [0.4, 0.5) is 0 Å². The molecule has 2 rings (SSSR count). The molecule has 1 aromatic rings. The van der Waals surface area contributed by atoms with Gasteiger partial charge in [0.15, 0.2) is 0 Å². The number of carbonyl (C=O) groups is 1. The topological polar surface area (TPSA) is 40.5 Å². The van der Waals surface area contributed by atoms with Crippen LogP contribution in [0, 0.1) is 25.7 Å². The van der Waals surface area contributed by atoms with Crippen molar-refractivity contribution in [3.05, 3.63) is 34.9 Å². The second-order valence-corrected chi connectivity index (χ2v) is 5.58. The lowest BCUT2D eigenvalue weighted by atomic mass is 9.87. The first-order chi connectivity index (χ1) is 8.45. The van der Waals surface area contributed by atoms with Crippen LogP contribution in [0.25, 0.3) is 0 Å². The van der Waals surface area contributed by atoms with E-state index in [9.17, 15) is 4.79 Å². The van der Waals surface area contributed by atoms with Crippen LogP contribution in [0.5, 0.6) is 0 Å². The lowest BCUT2D eigenvalue weighted by molar-refractivity contribution is -0.145. The van der Waals surface area contributed by atoms with Crippen molar-refractivity contribution in [2.45, 2.75) is 27.3 Å². The van der Waals surface area contributed by atoms with Crippen LogP contribution in [-0.4, -0.2) is 29.1 Å². The molecule has 1 aromatic carbocycles. The molecule has 1 aliphatic heterocycles. The quantitative estimate of drug-likeness (QED) is 0.888. The standard InChI is InChI=1S/C15H21NO2/c1-10-4-11(2)6-13(5-10)7-16-8-14(9-16)12(3)15(17)18/h4-6,12,14H,7-9H2,1-3H3,(H,17,18). The van der Waals surface area contributed by atoms with Crippen LogP contribution in [-0.2, 0) is 11.3 Å². The van der Waals surface area contributed by atoms with Crippen LogP contribution in [0.3, 0.4) is 0 Å². The zero-order chi connectivity index (χ0) is 13.3. The highest BCUT2D eigenvalue weighted by molar-refractivity contribution is 5.70. The van der Waals surface area contributed by atoms with E-state index in [2.05, 4.69) is 36.9 Å². The van der Waals surface area contributed by atoms with Crippen LogP contribution in [0.15, 0.2) is 18.2 Å². The largest absolute Gasteiger partial charge is 0.481 e. The average molecular weight is 247 g/mol. The maximum Gasteiger partial charge on any atom is 0.306 e. The van der Waals surface area contributed by atoms with Crippen molar-refractivity contribution in [1.82, 2.24) is 4.90 Å². The molecule has 1 N–H and O–H groups in total. The van der Waals surface area contributed by atoms with Gasteiger partial charge in [-0.25, -0.2) is 0 Å². The Morgan fingerprint density at radius 1 is 1.33 bits per heavy atom. The van der Waals surface area contributed by atoms with Gasteiger partial charge in [-0.3, -0.25) is 9.69 Å². The van der Waals surface area contributed by atoms with E-state index < -0.39 is 5.97 Å². The third-order valence-electron chi connectivity index (χ3n) is 3.77. The molecule has 1 saturated heterocycles. The molecule has 3 nitrogen and oxygen atoms in total. The number of likely N-dealkylation sites (tertiary alicyclic amines) is 1. The summed E-state index contributed by atoms with van der Waals surface area (Å²) < 4.78 is 0. The summed E-state index contributed by atoms with van der Waals surface area (Å²) in [5.74, 6) is -0.583. The molecule has 0 amide bonds. The van der Waals surface area contributed by atoms with Gasteiger partial charge in [-0.1, -0.05) is 36.2 Å². The van der Waals surface area contributed by atoms with Crippen molar-refractivity contribution >= 4 is 5.97 Å². The maximum atomic E-state index is 10.9. The Labute approximate surface area is 108 Å². The lowest BCUT2D eigenvalue weighted by Crippen LogP contribution is -2.50. The first kappa shape index (κ1) is 13.1. The fraction of sp³-hybridized carbons (Fsp3) is 0.533. The fourth-order valence-electron chi connectivity index (χ4n) is 2.68. The molecule has 1 aliphatic rings. The number of aryl methyl sites for hydroxylation is 2. The number of hydrogen-bond donors (Lipinski definition) is 1. The van der Waals surface area contributed by atoms with Gasteiger partial charge in [-0.2, -0.15) is 0 Å². The van der Waals surface area contributed by atoms with Crippen molar-refractivity contribution in [3.8, 4) is 0 Å². The van der Waals surface area contributed by atoms with E-state index in [1.54, 1.807) is 6.92 Å². The molecule has 0 saturated carbocycles. The SMILES string of the molecule is Cc1cc(C)cc(CN2CC(C(C)C(=O)O)C2)c1. The first-order valence-electron chi connectivity index (χ1n) is 6.48. The lowest BCUT2D eigenvalue weighted by Gasteiger charge is -2.41. The molecular weight excluding hydrogens is 226 g/mol. The van der Waals surface area contributed by atoms with Gasteiger partial charge >= 0.3 is 5.97 Å². The molecule has 1 heterocycles. The first-order valence-corrected chi connectivity index (χ1v) is 6.48. The Hall–Kier alpha value is -1.35. The Balaban J connectivity index is 1.88. The monoisotopic (exact) mass is 247 g/mol. The summed E-state index contributed by atoms with van der Waals surface area (Å²) in [4.78, 5) is 13.2. The zero-order valence-electron chi connectivity index (χ0n) is 11.3. The van der Waals surface area contributed by atoms with E-state index in [1.807, 2.05) is 0 Å². The number of benzene rings is 1. The predicted octanol–water partition coefficient (Wildman–Crippen LogP) is 2.46. The maximum absolute atomic E-state index is 10.9. The van der Waals surface area contributed by atoms with Crippen LogP contribution in [0.2, 0.25) is 0 Å². The van der Waals surface area contributed by atoms with Crippen LogP contribution in [0.1, 0.15) is 23.6 Å². The number of aliphatic carboxylic acids is 1. The van der Waals surface area contributed by atoms with Gasteiger partial charge in [-0.15, -0.1) is 0 Å². The van der Waals surface area contributed by atoms with Crippen molar-refractivity contribution in [1.29, 1.82) is 0 Å². The number of rotatable bonds is 4. The van der Waals surface area contributed by atoms with Crippen LogP contribution >= 0.6 is 0 Å². The second kappa shape index (κ2) is 5.11. The van der Waals surface area contributed by atoms with Crippen molar-refractivity contribution < 1.29 is 9.90 Å². The zero-order valence-corrected chi connectivity index (χ0v) is 11.3. The van der Waals surface area contributed by atoms with Gasteiger partial charge in [0.1, 0.15) is 0 Å². The average Bonchev–Trinajstić information content (AvgIpc) is 2.20. The molecule has 98 valence electrons. The third kappa shape index (κ3) is 2.91. The Kier molecular flexibility index (Phi) is 3.71. The molecule has 1 fully saturated rings. The van der Waals surface area contributed by atoms with E-state index in [4.69, 9.17) is 5.11 Å². The van der Waals surface area contributed by atoms with Gasteiger partial charge in [0.25, 0.3) is 0 Å². The summed E-state index contributed by atoms with van der Waals surface area (Å²) in [6.45, 7) is 8.78. The second-order valence-electron chi connectivity index (χ2n) is 5.58. The van der Waals surface area contributed by atoms with Gasteiger partial charge in [0.2, 0.25) is 0 Å². The van der Waals surface area contributed by atoms with Crippen LogP contribution < -0.4 is 0 Å². The Bertz CT molecular complexity index is 430. The Morgan fingerprint density at radius 2 is 1.89 bits per heavy atom. The summed E-state index contributed by atoms with van der Waals surface area (Å²) in [5, 5.41) is 8.95. The number of carboxylic acid groups (broad SMARTS) is 1. The molecule has 0 aliphatic carbocycles. The molecular formula is C15H21NO2. The molecule has 0 aromatic heterocycles. The number of hydrogen-bond acceptors (Lipinski definition) is 2. The molecule has 3 heteroatoms. The summed E-state index contributed by atoms with van der Waals surface area (Å²) in [6, 6.07) is 6.59. The van der Waals surface area contributed by atoms with E-state index in [1.165, 1.54) is 16.7 Å². The number of carboxylic acids is 1. The Morgan fingerprint density at radius 3 is 2.39 bits per heavy atom. The predicted molar refractivity (Wildman–Crippen MR) is 71.5 cm³/mol. The summed E-state index contributed by atoms with van der Waals surface area (Å²) in [6.07, 6.45) is 0. The molecule has 18 heavy (non-hydrogen) atoms. The van der Waals surface area contributed by atoms with E-state index in [0.717, 1.165) is 19.6 Å². The minimum Gasteiger partial charge on any atom is -0.481 e. The van der Waals surface area contributed by atoms with E-state index >= 15 is 0 Å². The fourth-order valence-corrected chi connectivity index (χ4v) is 2.68. The molecule has 0 radical (unpaired) electrons. The minimum atomic E-state index is -0.675. The van der Waals surface area contributed by atoms with E-state index in [-0.39, 0.29) is 5.92 Å². The summed E-state index contributed by atoms with van der Waals surface area (Å²) >= 11 is 0. The van der Waals surface area contributed by atoms with Crippen molar-refractivity contribution in [2.24, 2.45) is 11.8 Å². The number of nitrogens with zero attached hydrogens (tertiary/aromatic N) is 1. The molecule has 1 atom stereocenters. The highest BCUT2D eigenvalue weighted by Crippen LogP contribution is 2.26. The van der Waals surface area contributed by atoms with Gasteiger partial charge in [0.05, 0.1) is 5.92 Å². The summed E-state index contributed by atoms with van der Waals surface area (Å²) in [5.41, 5.74) is 3.91. The highest BCUT2D eigenvalue weighted by Gasteiger charge is 2.34. The molecule has 0 bridgehead atoms. The summed E-state index contributed by atoms with van der Waals surface area (Å²) in [7, 11) is 0. The molecule has 1 unspecified atom stereocenters. The van der Waals surface area contributed by atoms with Crippen molar-refractivity contribution in [2.75, 3.05) is 13.1 Å².